The fourth-order valence-corrected chi connectivity index (χ4v) is 3.93. The molecule has 4 atom stereocenters. The molecule has 0 radical (unpaired) electrons. The molecule has 4 unspecified atom stereocenters. The second-order valence-corrected chi connectivity index (χ2v) is 6.08. The monoisotopic (exact) mass is 240 g/mol. The van der Waals surface area contributed by atoms with E-state index in [1.807, 2.05) is 0 Å². The van der Waals surface area contributed by atoms with E-state index in [9.17, 15) is 5.11 Å². The van der Waals surface area contributed by atoms with Gasteiger partial charge in [0.25, 0.3) is 0 Å². The Morgan fingerprint density at radius 2 is 1.88 bits per heavy atom. The third-order valence-corrected chi connectivity index (χ3v) is 4.97. The summed E-state index contributed by atoms with van der Waals surface area (Å²) in [7, 11) is 1.74. The zero-order chi connectivity index (χ0) is 12.1. The van der Waals surface area contributed by atoms with Gasteiger partial charge in [-0.05, 0) is 49.9 Å². The Bertz CT molecular complexity index is 217. The summed E-state index contributed by atoms with van der Waals surface area (Å²) >= 11 is 0. The van der Waals surface area contributed by atoms with E-state index in [4.69, 9.17) is 4.74 Å². The second-order valence-electron chi connectivity index (χ2n) is 6.08. The van der Waals surface area contributed by atoms with Crippen LogP contribution in [0.2, 0.25) is 0 Å². The molecule has 0 aromatic carbocycles. The van der Waals surface area contributed by atoms with Gasteiger partial charge < -0.3 is 9.84 Å². The molecule has 2 saturated carbocycles. The zero-order valence-electron chi connectivity index (χ0n) is 11.2. The highest BCUT2D eigenvalue weighted by Crippen LogP contribution is 2.43. The molecule has 1 N–H and O–H groups in total. The Kier molecular flexibility index (Phi) is 5.30. The van der Waals surface area contributed by atoms with Crippen LogP contribution in [0.1, 0.15) is 57.8 Å². The molecule has 2 heteroatoms. The normalized spacial score (nSPS) is 35.3. The number of hydrogen-bond donors (Lipinski definition) is 1. The maximum absolute atomic E-state index is 10.2. The predicted molar refractivity (Wildman–Crippen MR) is 69.9 cm³/mol. The van der Waals surface area contributed by atoms with E-state index in [-0.39, 0.29) is 6.10 Å². The molecule has 2 nitrogen and oxygen atoms in total. The van der Waals surface area contributed by atoms with Crippen LogP contribution in [-0.4, -0.2) is 24.9 Å². The molecule has 2 fully saturated rings. The first kappa shape index (κ1) is 13.4. The van der Waals surface area contributed by atoms with E-state index in [0.29, 0.717) is 5.92 Å². The van der Waals surface area contributed by atoms with Crippen molar-refractivity contribution >= 4 is 0 Å². The number of methoxy groups -OCH3 is 1. The lowest BCUT2D eigenvalue weighted by molar-refractivity contribution is 0.0262. The van der Waals surface area contributed by atoms with Crippen LogP contribution in [0, 0.1) is 17.8 Å². The van der Waals surface area contributed by atoms with Crippen LogP contribution in [0.5, 0.6) is 0 Å². The van der Waals surface area contributed by atoms with E-state index < -0.39 is 0 Å². The molecular weight excluding hydrogens is 212 g/mol. The van der Waals surface area contributed by atoms with Gasteiger partial charge in [0.05, 0.1) is 6.10 Å². The van der Waals surface area contributed by atoms with Crippen molar-refractivity contribution in [3.63, 3.8) is 0 Å². The lowest BCUT2D eigenvalue weighted by atomic mass is 9.66. The van der Waals surface area contributed by atoms with Gasteiger partial charge in [0.15, 0.2) is 0 Å². The first-order valence-electron chi connectivity index (χ1n) is 7.48. The Balaban J connectivity index is 1.74. The molecule has 0 aliphatic heterocycles. The molecule has 2 aliphatic rings. The van der Waals surface area contributed by atoms with Crippen molar-refractivity contribution in [3.8, 4) is 0 Å². The third-order valence-electron chi connectivity index (χ3n) is 4.97. The summed E-state index contributed by atoms with van der Waals surface area (Å²) in [5.74, 6) is 2.50. The van der Waals surface area contributed by atoms with E-state index in [2.05, 4.69) is 0 Å². The average molecular weight is 240 g/mol. The summed E-state index contributed by atoms with van der Waals surface area (Å²) in [6.07, 6.45) is 11.5. The summed E-state index contributed by atoms with van der Waals surface area (Å²) in [4.78, 5) is 0. The van der Waals surface area contributed by atoms with E-state index in [1.165, 1.54) is 44.9 Å². The van der Waals surface area contributed by atoms with Crippen molar-refractivity contribution in [2.75, 3.05) is 13.7 Å². The molecule has 17 heavy (non-hydrogen) atoms. The van der Waals surface area contributed by atoms with Gasteiger partial charge in [-0.15, -0.1) is 0 Å². The molecular formula is C15H28O2. The van der Waals surface area contributed by atoms with Crippen LogP contribution in [-0.2, 0) is 4.74 Å². The van der Waals surface area contributed by atoms with E-state index in [1.54, 1.807) is 7.11 Å². The molecule has 0 spiro atoms. The maximum Gasteiger partial charge on any atom is 0.0569 e. The molecule has 0 saturated heterocycles. The summed E-state index contributed by atoms with van der Waals surface area (Å²) in [6, 6.07) is 0. The third kappa shape index (κ3) is 3.69. The predicted octanol–water partition coefficient (Wildman–Crippen LogP) is 3.38. The summed E-state index contributed by atoms with van der Waals surface area (Å²) < 4.78 is 5.05. The minimum absolute atomic E-state index is 0.0759. The van der Waals surface area contributed by atoms with E-state index >= 15 is 0 Å². The summed E-state index contributed by atoms with van der Waals surface area (Å²) in [5, 5.41) is 10.2. The number of aliphatic hydroxyl groups excluding tert-OH is 1. The minimum Gasteiger partial charge on any atom is -0.393 e. The molecule has 0 aromatic heterocycles. The van der Waals surface area contributed by atoms with Gasteiger partial charge in [0, 0.05) is 13.7 Å². The number of rotatable bonds is 5. The first-order valence-corrected chi connectivity index (χ1v) is 7.48. The standard InChI is InChI=1S/C15H28O2/c1-17-10-4-7-15(16)14-9-8-12-5-2-3-6-13(12)11-14/h12-16H,2-11H2,1H3. The first-order chi connectivity index (χ1) is 8.31. The Hall–Kier alpha value is -0.0800. The van der Waals surface area contributed by atoms with Crippen LogP contribution >= 0.6 is 0 Å². The van der Waals surface area contributed by atoms with E-state index in [0.717, 1.165) is 31.3 Å². The van der Waals surface area contributed by atoms with Gasteiger partial charge in [0.1, 0.15) is 0 Å². The van der Waals surface area contributed by atoms with Gasteiger partial charge >= 0.3 is 0 Å². The van der Waals surface area contributed by atoms with Crippen molar-refractivity contribution in [1.82, 2.24) is 0 Å². The molecule has 2 rings (SSSR count). The van der Waals surface area contributed by atoms with Crippen molar-refractivity contribution in [2.45, 2.75) is 63.9 Å². The highest BCUT2D eigenvalue weighted by atomic mass is 16.5. The van der Waals surface area contributed by atoms with Crippen LogP contribution < -0.4 is 0 Å². The van der Waals surface area contributed by atoms with Gasteiger partial charge in [-0.2, -0.15) is 0 Å². The highest BCUT2D eigenvalue weighted by molar-refractivity contribution is 4.85. The second kappa shape index (κ2) is 6.75. The smallest absolute Gasteiger partial charge is 0.0569 e. The number of fused-ring (bicyclic) bond motifs is 1. The topological polar surface area (TPSA) is 29.5 Å². The molecule has 0 amide bonds. The fraction of sp³-hybridized carbons (Fsp3) is 1.00. The quantitative estimate of drug-likeness (QED) is 0.746. The summed E-state index contributed by atoms with van der Waals surface area (Å²) in [6.45, 7) is 0.788. The molecule has 2 aliphatic carbocycles. The lowest BCUT2D eigenvalue weighted by Gasteiger charge is -2.40. The van der Waals surface area contributed by atoms with Gasteiger partial charge in [-0.3, -0.25) is 0 Å². The lowest BCUT2D eigenvalue weighted by Crippen LogP contribution is -2.33. The number of hydrogen-bond acceptors (Lipinski definition) is 2. The zero-order valence-corrected chi connectivity index (χ0v) is 11.2. The highest BCUT2D eigenvalue weighted by Gasteiger charge is 2.34. The Morgan fingerprint density at radius 3 is 2.65 bits per heavy atom. The van der Waals surface area contributed by atoms with Gasteiger partial charge in [-0.1, -0.05) is 25.7 Å². The molecule has 0 heterocycles. The van der Waals surface area contributed by atoms with Crippen LogP contribution in [0.4, 0.5) is 0 Å². The maximum atomic E-state index is 10.2. The number of ether oxygens (including phenoxy) is 1. The minimum atomic E-state index is -0.0759. The van der Waals surface area contributed by atoms with Crippen LogP contribution in [0.25, 0.3) is 0 Å². The van der Waals surface area contributed by atoms with Gasteiger partial charge in [-0.25, -0.2) is 0 Å². The van der Waals surface area contributed by atoms with Crippen molar-refractivity contribution in [3.05, 3.63) is 0 Å². The number of aliphatic hydroxyl groups is 1. The van der Waals surface area contributed by atoms with Crippen molar-refractivity contribution in [2.24, 2.45) is 17.8 Å². The SMILES string of the molecule is COCCCC(O)C1CCC2CCCCC2C1. The van der Waals surface area contributed by atoms with Crippen molar-refractivity contribution < 1.29 is 9.84 Å². The van der Waals surface area contributed by atoms with Crippen molar-refractivity contribution in [1.29, 1.82) is 0 Å². The van der Waals surface area contributed by atoms with Crippen LogP contribution in [0.15, 0.2) is 0 Å². The largest absolute Gasteiger partial charge is 0.393 e. The fourth-order valence-electron chi connectivity index (χ4n) is 3.93. The Labute approximate surface area is 106 Å². The molecule has 0 bridgehead atoms. The average Bonchev–Trinajstić information content (AvgIpc) is 2.38. The molecule has 100 valence electrons. The van der Waals surface area contributed by atoms with Gasteiger partial charge in [0.2, 0.25) is 0 Å². The Morgan fingerprint density at radius 1 is 1.12 bits per heavy atom. The van der Waals surface area contributed by atoms with Crippen LogP contribution in [0.3, 0.4) is 0 Å². The summed E-state index contributed by atoms with van der Waals surface area (Å²) in [5.41, 5.74) is 0. The molecule has 0 aromatic rings.